The Hall–Kier alpha value is -5.09. The topological polar surface area (TPSA) is 412 Å². The Bertz CT molecular complexity index is 2070. The number of nitrogens with one attached hydrogen (secondary N) is 6. The highest BCUT2D eigenvalue weighted by molar-refractivity contribution is 5.98. The minimum atomic E-state index is -2.28. The second kappa shape index (κ2) is 31.5. The molecule has 4 rings (SSSR count). The first kappa shape index (κ1) is 64.4. The highest BCUT2D eigenvalue weighted by atomic mass is 16.3. The van der Waals surface area contributed by atoms with Crippen LogP contribution in [0.2, 0.25) is 0 Å². The van der Waals surface area contributed by atoms with Crippen LogP contribution in [-0.4, -0.2) is 204 Å². The second-order valence-corrected chi connectivity index (χ2v) is 21.3. The molecule has 3 aliphatic rings. The number of carbonyl (C=O) groups is 7. The van der Waals surface area contributed by atoms with E-state index in [9.17, 15) is 74.4 Å². The zero-order valence-corrected chi connectivity index (χ0v) is 45.0. The maximum atomic E-state index is 14.6. The molecule has 436 valence electrons. The summed E-state index contributed by atoms with van der Waals surface area (Å²) in [5, 5.41) is 104. The third kappa shape index (κ3) is 18.8. The molecule has 3 heterocycles. The molecule has 0 spiro atoms. The van der Waals surface area contributed by atoms with E-state index in [1.165, 1.54) is 30.7 Å². The van der Waals surface area contributed by atoms with Gasteiger partial charge >= 0.3 is 0 Å². The molecule has 3 fully saturated rings. The molecule has 1 aromatic carbocycles. The smallest absolute Gasteiger partial charge is 0.248 e. The SMILES string of the molecule is CCC(C)CC(C)CCCCCCCCC(=O)N[C@@H]1C[C@H](O)[C@@H](NCCN)NC(=O)[C@@H]2[C@@H](O)CCN2C(=O)[C@H]([C@H](O)CCN)NC(=O)[C@H]([C@H](O)[C@@H](O)c2ccc(O)cc2)NC(=O)[C@@H]2C[C@@H](O)CN2C(=O)[C@H]([C@@H](C)O)NC1=O. The summed E-state index contributed by atoms with van der Waals surface area (Å²) in [5.74, 6) is -6.43. The van der Waals surface area contributed by atoms with Gasteiger partial charge in [0.15, 0.2) is 0 Å². The van der Waals surface area contributed by atoms with Crippen molar-refractivity contribution in [3.8, 4) is 5.75 Å². The first-order valence-corrected chi connectivity index (χ1v) is 27.3. The van der Waals surface area contributed by atoms with Gasteiger partial charge in [0.05, 0.1) is 30.5 Å². The van der Waals surface area contributed by atoms with Crippen molar-refractivity contribution in [2.45, 2.75) is 203 Å². The molecule has 0 aromatic heterocycles. The number of fused-ring (bicyclic) bond motifs is 2. The Morgan fingerprint density at radius 3 is 1.97 bits per heavy atom. The average Bonchev–Trinajstić information content (AvgIpc) is 3.99. The van der Waals surface area contributed by atoms with E-state index in [0.29, 0.717) is 24.7 Å². The van der Waals surface area contributed by atoms with Crippen molar-refractivity contribution in [2.24, 2.45) is 23.3 Å². The minimum Gasteiger partial charge on any atom is -0.508 e. The summed E-state index contributed by atoms with van der Waals surface area (Å²) in [7, 11) is 0. The molecule has 2 unspecified atom stereocenters. The maximum Gasteiger partial charge on any atom is 0.248 e. The van der Waals surface area contributed by atoms with Crippen LogP contribution in [0.3, 0.4) is 0 Å². The van der Waals surface area contributed by atoms with E-state index in [4.69, 9.17) is 11.5 Å². The van der Waals surface area contributed by atoms with E-state index in [1.54, 1.807) is 0 Å². The van der Waals surface area contributed by atoms with Crippen molar-refractivity contribution < 1.29 is 74.4 Å². The first-order valence-electron chi connectivity index (χ1n) is 27.3. The van der Waals surface area contributed by atoms with Crippen LogP contribution in [0.15, 0.2) is 24.3 Å². The number of carbonyl (C=O) groups excluding carboxylic acids is 7. The number of amides is 7. The molecule has 0 saturated carbocycles. The van der Waals surface area contributed by atoms with E-state index in [1.807, 2.05) is 0 Å². The van der Waals surface area contributed by atoms with Gasteiger partial charge in [-0.15, -0.1) is 0 Å². The fraction of sp³-hybridized carbons (Fsp3) is 0.750. The Kier molecular flexibility index (Phi) is 26.4. The molecule has 0 aliphatic carbocycles. The number of rotatable bonds is 23. The lowest BCUT2D eigenvalue weighted by atomic mass is 9.91. The Morgan fingerprint density at radius 1 is 0.714 bits per heavy atom. The number of phenols is 1. The number of nitrogens with two attached hydrogens (primary N) is 2. The van der Waals surface area contributed by atoms with Gasteiger partial charge in [0.1, 0.15) is 60.4 Å². The van der Waals surface area contributed by atoms with Crippen LogP contribution in [0.4, 0.5) is 0 Å². The fourth-order valence-electron chi connectivity index (χ4n) is 10.2. The average molecular weight is 1090 g/mol. The Labute approximate surface area is 450 Å². The quantitative estimate of drug-likeness (QED) is 0.0477. The van der Waals surface area contributed by atoms with E-state index in [-0.39, 0.29) is 56.8 Å². The molecular formula is C52H88N10O15. The molecule has 0 radical (unpaired) electrons. The van der Waals surface area contributed by atoms with Gasteiger partial charge in [0, 0.05) is 45.4 Å². The molecule has 16 atom stereocenters. The number of hydrogen-bond acceptors (Lipinski definition) is 18. The number of aliphatic hydroxyl groups is 7. The van der Waals surface area contributed by atoms with Crippen LogP contribution in [0.5, 0.6) is 5.75 Å². The minimum absolute atomic E-state index is 0.0257. The maximum absolute atomic E-state index is 14.6. The number of benzene rings is 1. The van der Waals surface area contributed by atoms with E-state index < -0.39 is 146 Å². The van der Waals surface area contributed by atoms with Gasteiger partial charge in [-0.3, -0.25) is 38.9 Å². The number of hydrogen-bond donors (Lipinski definition) is 16. The van der Waals surface area contributed by atoms with Crippen LogP contribution >= 0.6 is 0 Å². The third-order valence-electron chi connectivity index (χ3n) is 14.9. The molecule has 3 saturated heterocycles. The van der Waals surface area contributed by atoms with Crippen molar-refractivity contribution in [1.82, 2.24) is 41.7 Å². The van der Waals surface area contributed by atoms with Crippen molar-refractivity contribution >= 4 is 41.4 Å². The number of unbranched alkanes of at least 4 members (excludes halogenated alkanes) is 5. The van der Waals surface area contributed by atoms with Gasteiger partial charge in [-0.05, 0) is 68.7 Å². The fourth-order valence-corrected chi connectivity index (χ4v) is 10.2. The largest absolute Gasteiger partial charge is 0.508 e. The summed E-state index contributed by atoms with van der Waals surface area (Å²) in [4.78, 5) is 102. The highest BCUT2D eigenvalue weighted by Crippen LogP contribution is 2.27. The highest BCUT2D eigenvalue weighted by Gasteiger charge is 2.49. The predicted octanol–water partition coefficient (Wildman–Crippen LogP) is -3.31. The van der Waals surface area contributed by atoms with E-state index >= 15 is 0 Å². The number of aromatic hydroxyl groups is 1. The van der Waals surface area contributed by atoms with E-state index in [0.717, 1.165) is 55.2 Å². The summed E-state index contributed by atoms with van der Waals surface area (Å²) in [6.45, 7) is 6.73. The van der Waals surface area contributed by atoms with Gasteiger partial charge in [-0.2, -0.15) is 0 Å². The van der Waals surface area contributed by atoms with E-state index in [2.05, 4.69) is 52.7 Å². The van der Waals surface area contributed by atoms with Gasteiger partial charge in [-0.1, -0.05) is 77.8 Å². The standard InChI is InChI=1S/C52H88N10O15/c1-5-28(2)24-29(3)12-10-8-6-7-9-11-13-39(69)56-34-26-38(68)46(55-22-21-54)60-50(75)43-37(67)19-23-61(43)52(77)41(36(66)18-20-53)58-49(74)42(45(71)44(70)31-14-16-32(64)17-15-31)59-48(73)35-25-33(65)27-62(35)51(76)40(30(4)63)57-47(34)72/h14-17,28-30,33-38,40-46,55,63-68,70-71H,5-13,18-27,53-54H2,1-4H3,(H,56,69)(H,57,72)(H,58,74)(H,59,73)(H,60,75)/t28?,29?,30-,33-,34-,35+,36-,37+,38+,40+,41+,42+,43+,44+,45+,46+/m1/s1. The van der Waals surface area contributed by atoms with Crippen LogP contribution < -0.4 is 43.4 Å². The number of nitrogens with zero attached hydrogens (tertiary/aromatic N) is 2. The first-order chi connectivity index (χ1) is 36.5. The summed E-state index contributed by atoms with van der Waals surface area (Å²) < 4.78 is 0. The van der Waals surface area contributed by atoms with Crippen LogP contribution in [0, 0.1) is 11.8 Å². The lowest BCUT2D eigenvalue weighted by Crippen LogP contribution is -2.65. The molecule has 77 heavy (non-hydrogen) atoms. The molecule has 18 N–H and O–H groups in total. The molecular weight excluding hydrogens is 1000 g/mol. The molecule has 3 aliphatic heterocycles. The molecule has 1 aromatic rings. The lowest BCUT2D eigenvalue weighted by Gasteiger charge is -2.35. The summed E-state index contributed by atoms with van der Waals surface area (Å²) in [6.07, 6.45) is -6.95. The third-order valence-corrected chi connectivity index (χ3v) is 14.9. The zero-order chi connectivity index (χ0) is 57.1. The van der Waals surface area contributed by atoms with Crippen molar-refractivity contribution in [2.75, 3.05) is 32.7 Å². The van der Waals surface area contributed by atoms with Crippen molar-refractivity contribution in [3.63, 3.8) is 0 Å². The van der Waals surface area contributed by atoms with Gasteiger partial charge < -0.3 is 88.7 Å². The van der Waals surface area contributed by atoms with Crippen LogP contribution in [0.25, 0.3) is 0 Å². The Morgan fingerprint density at radius 2 is 1.34 bits per heavy atom. The second-order valence-electron chi connectivity index (χ2n) is 21.3. The number of aliphatic hydroxyl groups excluding tert-OH is 7. The van der Waals surface area contributed by atoms with Crippen molar-refractivity contribution in [1.29, 1.82) is 0 Å². The molecule has 7 amide bonds. The van der Waals surface area contributed by atoms with Gasteiger partial charge in [0.2, 0.25) is 41.4 Å². The number of phenolic OH excluding ortho intramolecular Hbond substituents is 1. The molecule has 25 heteroatoms. The Balaban J connectivity index is 1.73. The lowest BCUT2D eigenvalue weighted by molar-refractivity contribution is -0.148. The van der Waals surface area contributed by atoms with Crippen molar-refractivity contribution in [3.05, 3.63) is 29.8 Å². The molecule has 25 nitrogen and oxygen atoms in total. The summed E-state index contributed by atoms with van der Waals surface area (Å²) in [5.41, 5.74) is 11.5. The zero-order valence-electron chi connectivity index (χ0n) is 45.0. The molecule has 0 bridgehead atoms. The summed E-state index contributed by atoms with van der Waals surface area (Å²) in [6, 6.07) is -6.40. The van der Waals surface area contributed by atoms with Gasteiger partial charge in [0.25, 0.3) is 0 Å². The van der Waals surface area contributed by atoms with Crippen LogP contribution in [0.1, 0.15) is 129 Å². The van der Waals surface area contributed by atoms with Gasteiger partial charge in [-0.25, -0.2) is 0 Å². The van der Waals surface area contributed by atoms with Crippen LogP contribution in [-0.2, 0) is 33.6 Å². The monoisotopic (exact) mass is 1090 g/mol. The predicted molar refractivity (Wildman–Crippen MR) is 280 cm³/mol. The summed E-state index contributed by atoms with van der Waals surface area (Å²) >= 11 is 0. The normalized spacial score (nSPS) is 28.6.